The molecule has 0 unspecified atom stereocenters. The maximum Gasteiger partial charge on any atom is 0.221 e. The molecule has 1 aromatic heterocycles. The van der Waals surface area contributed by atoms with Crippen LogP contribution in [0.3, 0.4) is 0 Å². The van der Waals surface area contributed by atoms with Gasteiger partial charge in [-0.15, -0.1) is 0 Å². The van der Waals surface area contributed by atoms with Crippen molar-refractivity contribution in [1.29, 1.82) is 0 Å². The number of anilines is 1. The molecule has 0 saturated heterocycles. The number of hydrogen-bond donors (Lipinski definition) is 1. The second-order valence-electron chi connectivity index (χ2n) is 4.09. The summed E-state index contributed by atoms with van der Waals surface area (Å²) in [5.74, 6) is 0.889. The lowest BCUT2D eigenvalue weighted by Gasteiger charge is -2.09. The molecule has 0 amide bonds. The van der Waals surface area contributed by atoms with Crippen LogP contribution in [0.15, 0.2) is 34.8 Å². The summed E-state index contributed by atoms with van der Waals surface area (Å²) in [6, 6.07) is 8.04. The topological polar surface area (TPSA) is 34.1 Å². The van der Waals surface area contributed by atoms with Gasteiger partial charge in [-0.3, -0.25) is 0 Å². The van der Waals surface area contributed by atoms with E-state index in [-0.39, 0.29) is 5.02 Å². The number of ether oxygens (including phenoxy) is 1. The molecule has 0 aliphatic rings. The van der Waals surface area contributed by atoms with Gasteiger partial charge in [0, 0.05) is 18.7 Å². The van der Waals surface area contributed by atoms with Gasteiger partial charge in [-0.25, -0.2) is 4.39 Å². The van der Waals surface area contributed by atoms with Gasteiger partial charge in [0.1, 0.15) is 17.4 Å². The standard InChI is InChI=1S/C14H13BrClFN2O/c1-2-6-18-13-4-3-5-14(19-13)20-12-8-11(17)10(16)7-9(12)15/h3-5,7-8H,2,6H2,1H3,(H,18,19). The summed E-state index contributed by atoms with van der Waals surface area (Å²) in [7, 11) is 0. The van der Waals surface area contributed by atoms with Gasteiger partial charge >= 0.3 is 0 Å². The number of aromatic nitrogens is 1. The van der Waals surface area contributed by atoms with E-state index in [0.717, 1.165) is 18.8 Å². The Hall–Kier alpha value is -1.33. The van der Waals surface area contributed by atoms with E-state index in [4.69, 9.17) is 16.3 Å². The van der Waals surface area contributed by atoms with Crippen molar-refractivity contribution in [3.8, 4) is 11.6 Å². The number of nitrogens with one attached hydrogen (secondary N) is 1. The summed E-state index contributed by atoms with van der Waals surface area (Å²) in [5.41, 5.74) is 0. The van der Waals surface area contributed by atoms with Crippen LogP contribution < -0.4 is 10.1 Å². The summed E-state index contributed by atoms with van der Waals surface area (Å²) < 4.78 is 19.6. The van der Waals surface area contributed by atoms with Gasteiger partial charge in [-0.05, 0) is 34.5 Å². The molecule has 0 radical (unpaired) electrons. The minimum Gasteiger partial charge on any atom is -0.438 e. The van der Waals surface area contributed by atoms with Gasteiger partial charge < -0.3 is 10.1 Å². The summed E-state index contributed by atoms with van der Waals surface area (Å²) in [6.45, 7) is 2.90. The summed E-state index contributed by atoms with van der Waals surface area (Å²) in [6.07, 6.45) is 1.00. The van der Waals surface area contributed by atoms with Crippen LogP contribution in [0.2, 0.25) is 5.02 Å². The van der Waals surface area contributed by atoms with Crippen molar-refractivity contribution >= 4 is 33.3 Å². The Morgan fingerprint density at radius 3 is 2.95 bits per heavy atom. The SMILES string of the molecule is CCCNc1cccc(Oc2cc(F)c(Cl)cc2Br)n1. The van der Waals surface area contributed by atoms with Gasteiger partial charge in [0.05, 0.1) is 9.50 Å². The number of nitrogens with zero attached hydrogens (tertiary/aromatic N) is 1. The highest BCUT2D eigenvalue weighted by atomic mass is 79.9. The summed E-state index contributed by atoms with van der Waals surface area (Å²) in [5, 5.41) is 3.20. The number of rotatable bonds is 5. The van der Waals surface area contributed by atoms with E-state index in [1.54, 1.807) is 6.07 Å². The smallest absolute Gasteiger partial charge is 0.221 e. The van der Waals surface area contributed by atoms with Crippen molar-refractivity contribution < 1.29 is 9.13 Å². The van der Waals surface area contributed by atoms with Crippen LogP contribution in [0.4, 0.5) is 10.2 Å². The molecule has 0 fully saturated rings. The summed E-state index contributed by atoms with van der Waals surface area (Å²) >= 11 is 8.96. The molecule has 2 rings (SSSR count). The highest BCUT2D eigenvalue weighted by Gasteiger charge is 2.09. The maximum atomic E-state index is 13.4. The minimum absolute atomic E-state index is 0.0375. The Labute approximate surface area is 130 Å². The van der Waals surface area contributed by atoms with Crippen LogP contribution in [-0.2, 0) is 0 Å². The molecule has 0 saturated carbocycles. The molecular weight excluding hydrogens is 347 g/mol. The highest BCUT2D eigenvalue weighted by molar-refractivity contribution is 9.10. The van der Waals surface area contributed by atoms with Crippen LogP contribution in [-0.4, -0.2) is 11.5 Å². The van der Waals surface area contributed by atoms with Crippen LogP contribution in [0, 0.1) is 5.82 Å². The van der Waals surface area contributed by atoms with Gasteiger partial charge in [-0.1, -0.05) is 24.6 Å². The lowest BCUT2D eigenvalue weighted by molar-refractivity contribution is 0.456. The van der Waals surface area contributed by atoms with E-state index in [0.29, 0.717) is 16.1 Å². The van der Waals surface area contributed by atoms with Crippen molar-refractivity contribution in [3.05, 3.63) is 45.6 Å². The van der Waals surface area contributed by atoms with Gasteiger partial charge in [-0.2, -0.15) is 4.98 Å². The molecule has 1 aromatic carbocycles. The zero-order valence-corrected chi connectivity index (χ0v) is 13.1. The third-order valence-electron chi connectivity index (χ3n) is 2.47. The Morgan fingerprint density at radius 1 is 1.40 bits per heavy atom. The average Bonchev–Trinajstić information content (AvgIpc) is 2.43. The predicted octanol–water partition coefficient (Wildman–Crippen LogP) is 5.25. The lowest BCUT2D eigenvalue weighted by Crippen LogP contribution is -2.02. The molecule has 106 valence electrons. The summed E-state index contributed by atoms with van der Waals surface area (Å²) in [4.78, 5) is 4.29. The highest BCUT2D eigenvalue weighted by Crippen LogP contribution is 2.33. The number of hydrogen-bond acceptors (Lipinski definition) is 3. The molecular formula is C14H13BrClFN2O. The van der Waals surface area contributed by atoms with Crippen molar-refractivity contribution in [3.63, 3.8) is 0 Å². The fourth-order valence-electron chi connectivity index (χ4n) is 1.52. The molecule has 3 nitrogen and oxygen atoms in total. The van der Waals surface area contributed by atoms with E-state index in [2.05, 4.69) is 33.2 Å². The molecule has 0 aliphatic heterocycles. The zero-order valence-electron chi connectivity index (χ0n) is 10.8. The van der Waals surface area contributed by atoms with Gasteiger partial charge in [0.2, 0.25) is 5.88 Å². The van der Waals surface area contributed by atoms with Crippen LogP contribution >= 0.6 is 27.5 Å². The largest absolute Gasteiger partial charge is 0.438 e. The molecule has 2 aromatic rings. The lowest BCUT2D eigenvalue weighted by atomic mass is 10.3. The van der Waals surface area contributed by atoms with Crippen LogP contribution in [0.25, 0.3) is 0 Å². The molecule has 0 atom stereocenters. The fourth-order valence-corrected chi connectivity index (χ4v) is 2.24. The monoisotopic (exact) mass is 358 g/mol. The van der Waals surface area contributed by atoms with Gasteiger partial charge in [0.25, 0.3) is 0 Å². The first kappa shape index (κ1) is 15.1. The first-order valence-electron chi connectivity index (χ1n) is 6.13. The first-order valence-corrected chi connectivity index (χ1v) is 7.30. The Bertz CT molecular complexity index is 610. The van der Waals surface area contributed by atoms with E-state index < -0.39 is 5.82 Å². The maximum absolute atomic E-state index is 13.4. The van der Waals surface area contributed by atoms with Crippen molar-refractivity contribution in [2.24, 2.45) is 0 Å². The third-order valence-corrected chi connectivity index (χ3v) is 3.38. The predicted molar refractivity (Wildman–Crippen MR) is 82.2 cm³/mol. The number of halogens is 3. The fraction of sp³-hybridized carbons (Fsp3) is 0.214. The number of pyridine rings is 1. The zero-order chi connectivity index (χ0) is 14.5. The normalized spacial score (nSPS) is 10.4. The third kappa shape index (κ3) is 3.84. The second kappa shape index (κ2) is 6.90. The first-order chi connectivity index (χ1) is 9.60. The molecule has 0 spiro atoms. The molecule has 1 N–H and O–H groups in total. The minimum atomic E-state index is -0.537. The Balaban J connectivity index is 2.19. The quantitative estimate of drug-likeness (QED) is 0.740. The second-order valence-corrected chi connectivity index (χ2v) is 5.35. The molecule has 0 aliphatic carbocycles. The average molecular weight is 360 g/mol. The van der Waals surface area contributed by atoms with E-state index in [1.807, 2.05) is 12.1 Å². The molecule has 20 heavy (non-hydrogen) atoms. The van der Waals surface area contributed by atoms with Crippen LogP contribution in [0.1, 0.15) is 13.3 Å². The van der Waals surface area contributed by atoms with Crippen molar-refractivity contribution in [2.75, 3.05) is 11.9 Å². The van der Waals surface area contributed by atoms with Gasteiger partial charge in [0.15, 0.2) is 0 Å². The molecule has 6 heteroatoms. The Morgan fingerprint density at radius 2 is 2.20 bits per heavy atom. The number of benzene rings is 1. The Kier molecular flexibility index (Phi) is 5.20. The molecule has 1 heterocycles. The van der Waals surface area contributed by atoms with E-state index in [1.165, 1.54) is 12.1 Å². The van der Waals surface area contributed by atoms with E-state index >= 15 is 0 Å². The van der Waals surface area contributed by atoms with Crippen molar-refractivity contribution in [2.45, 2.75) is 13.3 Å². The molecule has 0 bridgehead atoms. The van der Waals surface area contributed by atoms with Crippen molar-refractivity contribution in [1.82, 2.24) is 4.98 Å². The van der Waals surface area contributed by atoms with E-state index in [9.17, 15) is 4.39 Å². The van der Waals surface area contributed by atoms with Crippen LogP contribution in [0.5, 0.6) is 11.6 Å².